The Kier molecular flexibility index (Phi) is 5.64. The molecule has 27 heavy (non-hydrogen) atoms. The normalized spacial score (nSPS) is 15.2. The smallest absolute Gasteiger partial charge is 0.200 e. The first-order chi connectivity index (χ1) is 13.2. The monoisotopic (exact) mass is 404 g/mol. The molecule has 142 valence electrons. The molecule has 4 rings (SSSR count). The molecule has 1 aliphatic rings. The molecule has 0 aliphatic heterocycles. The Morgan fingerprint density at radius 2 is 2.00 bits per heavy atom. The highest BCUT2D eigenvalue weighted by molar-refractivity contribution is 6.42. The van der Waals surface area contributed by atoms with E-state index in [1.807, 2.05) is 16.8 Å². The van der Waals surface area contributed by atoms with E-state index in [1.165, 1.54) is 32.1 Å². The van der Waals surface area contributed by atoms with Crippen LogP contribution in [0.1, 0.15) is 43.7 Å². The van der Waals surface area contributed by atoms with E-state index in [0.29, 0.717) is 28.5 Å². The lowest BCUT2D eigenvalue weighted by atomic mass is 9.87. The highest BCUT2D eigenvalue weighted by Crippen LogP contribution is 2.31. The molecule has 1 fully saturated rings. The number of hydrogen-bond donors (Lipinski definition) is 2. The second-order valence-corrected chi connectivity index (χ2v) is 7.76. The van der Waals surface area contributed by atoms with Gasteiger partial charge >= 0.3 is 0 Å². The van der Waals surface area contributed by atoms with Crippen LogP contribution in [0.2, 0.25) is 10.0 Å². The number of nitrogens with one attached hydrogen (secondary N) is 2. The summed E-state index contributed by atoms with van der Waals surface area (Å²) in [6.45, 7) is 1.45. The maximum Gasteiger partial charge on any atom is 0.200 e. The quantitative estimate of drug-likeness (QED) is 0.596. The first-order valence-corrected chi connectivity index (χ1v) is 10.1. The number of aromatic amines is 1. The fourth-order valence-corrected chi connectivity index (χ4v) is 3.82. The summed E-state index contributed by atoms with van der Waals surface area (Å²) >= 11 is 12.1. The highest BCUT2D eigenvalue weighted by atomic mass is 35.5. The van der Waals surface area contributed by atoms with Crippen LogP contribution in [-0.2, 0) is 6.54 Å². The predicted molar refractivity (Wildman–Crippen MR) is 108 cm³/mol. The van der Waals surface area contributed by atoms with Gasteiger partial charge in [0.25, 0.3) is 0 Å². The Balaban J connectivity index is 1.31. The van der Waals surface area contributed by atoms with Crippen LogP contribution in [0.3, 0.4) is 0 Å². The zero-order valence-corrected chi connectivity index (χ0v) is 16.5. The topological polar surface area (TPSA) is 71.4 Å². The van der Waals surface area contributed by atoms with Crippen LogP contribution in [0.4, 0.5) is 5.95 Å². The van der Waals surface area contributed by atoms with Gasteiger partial charge in [-0.3, -0.25) is 4.68 Å². The van der Waals surface area contributed by atoms with E-state index in [1.54, 1.807) is 12.3 Å². The van der Waals surface area contributed by atoms with E-state index in [9.17, 15) is 0 Å². The fourth-order valence-electron chi connectivity index (χ4n) is 3.52. The number of benzene rings is 1. The number of H-pyrrole nitrogens is 1. The maximum absolute atomic E-state index is 6.08. The molecule has 0 atom stereocenters. The van der Waals surface area contributed by atoms with Gasteiger partial charge in [-0.2, -0.15) is 0 Å². The van der Waals surface area contributed by atoms with Gasteiger partial charge in [-0.25, -0.2) is 4.98 Å². The van der Waals surface area contributed by atoms with Crippen molar-refractivity contribution in [2.45, 2.75) is 44.6 Å². The van der Waals surface area contributed by atoms with E-state index in [0.717, 1.165) is 23.5 Å². The lowest BCUT2D eigenvalue weighted by molar-refractivity contribution is 0.436. The van der Waals surface area contributed by atoms with E-state index in [4.69, 9.17) is 23.2 Å². The van der Waals surface area contributed by atoms with Crippen LogP contribution >= 0.6 is 23.2 Å². The molecule has 6 nitrogen and oxygen atoms in total. The molecule has 0 spiro atoms. The molecule has 1 aromatic carbocycles. The molecule has 1 aliphatic carbocycles. The maximum atomic E-state index is 6.08. The van der Waals surface area contributed by atoms with Gasteiger partial charge < -0.3 is 10.3 Å². The minimum atomic E-state index is 0.526. The Hall–Kier alpha value is -2.05. The molecule has 8 heteroatoms. The molecule has 1 saturated carbocycles. The van der Waals surface area contributed by atoms with Crippen molar-refractivity contribution in [2.75, 3.05) is 11.9 Å². The average Bonchev–Trinajstić information content (AvgIpc) is 3.35. The second kappa shape index (κ2) is 8.31. The lowest BCUT2D eigenvalue weighted by Crippen LogP contribution is -2.11. The number of rotatable bonds is 6. The summed E-state index contributed by atoms with van der Waals surface area (Å²) in [5, 5.41) is 13.0. The average molecular weight is 405 g/mol. The van der Waals surface area contributed by atoms with Crippen molar-refractivity contribution in [3.63, 3.8) is 0 Å². The zero-order chi connectivity index (χ0) is 18.6. The summed E-state index contributed by atoms with van der Waals surface area (Å²) in [5.74, 6) is 1.29. The van der Waals surface area contributed by atoms with Gasteiger partial charge in [0, 0.05) is 24.2 Å². The number of imidazole rings is 1. The van der Waals surface area contributed by atoms with E-state index >= 15 is 0 Å². The Morgan fingerprint density at radius 3 is 2.81 bits per heavy atom. The van der Waals surface area contributed by atoms with Gasteiger partial charge in [-0.05, 0) is 25.0 Å². The Morgan fingerprint density at radius 1 is 1.15 bits per heavy atom. The van der Waals surface area contributed by atoms with Crippen LogP contribution < -0.4 is 5.32 Å². The largest absolute Gasteiger partial charge is 0.354 e. The van der Waals surface area contributed by atoms with Gasteiger partial charge in [0.2, 0.25) is 5.95 Å². The molecular formula is C19H22Cl2N6. The van der Waals surface area contributed by atoms with Gasteiger partial charge in [0.15, 0.2) is 0 Å². The van der Waals surface area contributed by atoms with E-state index in [-0.39, 0.29) is 0 Å². The number of anilines is 1. The Bertz CT molecular complexity index is 897. The molecule has 2 aromatic heterocycles. The van der Waals surface area contributed by atoms with Crippen molar-refractivity contribution < 1.29 is 0 Å². The van der Waals surface area contributed by atoms with Crippen LogP contribution in [-0.4, -0.2) is 31.5 Å². The molecule has 2 heterocycles. The molecular weight excluding hydrogens is 383 g/mol. The van der Waals surface area contributed by atoms with Crippen LogP contribution in [0.5, 0.6) is 0 Å². The number of hydrogen-bond acceptors (Lipinski definition) is 4. The molecule has 0 bridgehead atoms. The SMILES string of the molecule is Clc1ccc(-c2cnc(NCCn3cc(C4CCCCC4)nn3)[nH]2)cc1Cl. The standard InChI is InChI=1S/C19H22Cl2N6/c20-15-7-6-14(10-16(15)21)17-11-23-19(24-17)22-8-9-27-12-18(25-26-27)13-4-2-1-3-5-13/h6-7,10-13H,1-5,8-9H2,(H2,22,23,24). The second-order valence-electron chi connectivity index (χ2n) is 6.94. The van der Waals surface area contributed by atoms with Crippen molar-refractivity contribution in [3.05, 3.63) is 46.3 Å². The van der Waals surface area contributed by atoms with Gasteiger partial charge in [0.1, 0.15) is 0 Å². The van der Waals surface area contributed by atoms with Crippen molar-refractivity contribution >= 4 is 29.2 Å². The zero-order valence-electron chi connectivity index (χ0n) is 15.0. The Labute approximate surface area is 168 Å². The third kappa shape index (κ3) is 4.45. The van der Waals surface area contributed by atoms with E-state index in [2.05, 4.69) is 31.8 Å². The minimum absolute atomic E-state index is 0.526. The van der Waals surface area contributed by atoms with Crippen LogP contribution in [0.25, 0.3) is 11.3 Å². The van der Waals surface area contributed by atoms with Crippen molar-refractivity contribution in [1.29, 1.82) is 0 Å². The fraction of sp³-hybridized carbons (Fsp3) is 0.421. The molecule has 0 radical (unpaired) electrons. The minimum Gasteiger partial charge on any atom is -0.354 e. The molecule has 0 unspecified atom stereocenters. The summed E-state index contributed by atoms with van der Waals surface area (Å²) in [6, 6.07) is 5.51. The third-order valence-corrected chi connectivity index (χ3v) is 5.76. The van der Waals surface area contributed by atoms with Gasteiger partial charge in [0.05, 0.1) is 34.2 Å². The first kappa shape index (κ1) is 18.3. The third-order valence-electron chi connectivity index (χ3n) is 5.02. The summed E-state index contributed by atoms with van der Waals surface area (Å²) in [4.78, 5) is 7.62. The summed E-state index contributed by atoms with van der Waals surface area (Å²) in [6.07, 6.45) is 10.3. The van der Waals surface area contributed by atoms with Crippen LogP contribution in [0, 0.1) is 0 Å². The van der Waals surface area contributed by atoms with Crippen LogP contribution in [0.15, 0.2) is 30.6 Å². The van der Waals surface area contributed by atoms with Gasteiger partial charge in [-0.15, -0.1) is 5.10 Å². The summed E-state index contributed by atoms with van der Waals surface area (Å²) in [7, 11) is 0. The molecule has 0 amide bonds. The lowest BCUT2D eigenvalue weighted by Gasteiger charge is -2.18. The van der Waals surface area contributed by atoms with Crippen molar-refractivity contribution in [2.24, 2.45) is 0 Å². The van der Waals surface area contributed by atoms with Crippen molar-refractivity contribution in [1.82, 2.24) is 25.0 Å². The van der Waals surface area contributed by atoms with Crippen molar-refractivity contribution in [3.8, 4) is 11.3 Å². The first-order valence-electron chi connectivity index (χ1n) is 9.33. The highest BCUT2D eigenvalue weighted by Gasteiger charge is 2.18. The van der Waals surface area contributed by atoms with Gasteiger partial charge in [-0.1, -0.05) is 53.7 Å². The number of nitrogens with zero attached hydrogens (tertiary/aromatic N) is 4. The molecule has 3 aromatic rings. The van der Waals surface area contributed by atoms with E-state index < -0.39 is 0 Å². The summed E-state index contributed by atoms with van der Waals surface area (Å²) < 4.78 is 1.90. The number of halogens is 2. The molecule has 0 saturated heterocycles. The number of aromatic nitrogens is 5. The predicted octanol–water partition coefficient (Wildman–Crippen LogP) is 5.13. The summed E-state index contributed by atoms with van der Waals surface area (Å²) in [5.41, 5.74) is 2.96. The molecule has 2 N–H and O–H groups in total.